The predicted octanol–water partition coefficient (Wildman–Crippen LogP) is 2.55. The molecule has 1 aliphatic rings. The Morgan fingerprint density at radius 1 is 1.38 bits per heavy atom. The number of nitrogens with two attached hydrogens (primary N) is 1. The molecule has 21 heavy (non-hydrogen) atoms. The van der Waals surface area contributed by atoms with Crippen LogP contribution in [0.1, 0.15) is 44.6 Å². The highest BCUT2D eigenvalue weighted by molar-refractivity contribution is 7.84. The molecular weight excluding hydrogens is 284 g/mol. The van der Waals surface area contributed by atoms with E-state index < -0.39 is 16.8 Å². The van der Waals surface area contributed by atoms with Gasteiger partial charge in [-0.25, -0.2) is 0 Å². The molecule has 0 aliphatic heterocycles. The van der Waals surface area contributed by atoms with E-state index in [-0.39, 0.29) is 5.91 Å². The molecule has 1 aromatic rings. The third-order valence-electron chi connectivity index (χ3n) is 3.84. The molecule has 116 valence electrons. The van der Waals surface area contributed by atoms with Crippen LogP contribution in [0.3, 0.4) is 0 Å². The number of amides is 1. The Hall–Kier alpha value is -1.20. The van der Waals surface area contributed by atoms with Crippen molar-refractivity contribution in [3.63, 3.8) is 0 Å². The van der Waals surface area contributed by atoms with Gasteiger partial charge in [0.05, 0.1) is 6.04 Å². The maximum Gasteiger partial charge on any atom is 0.240 e. The highest BCUT2D eigenvalue weighted by atomic mass is 32.2. The highest BCUT2D eigenvalue weighted by Gasteiger charge is 2.20. The van der Waals surface area contributed by atoms with Crippen LogP contribution in [0.2, 0.25) is 0 Å². The van der Waals surface area contributed by atoms with Crippen LogP contribution < -0.4 is 11.1 Å². The van der Waals surface area contributed by atoms with Gasteiger partial charge in [-0.3, -0.25) is 9.00 Å². The van der Waals surface area contributed by atoms with Crippen LogP contribution in [-0.4, -0.2) is 21.4 Å². The number of hydrogen-bond acceptors (Lipinski definition) is 3. The van der Waals surface area contributed by atoms with Crippen molar-refractivity contribution in [2.24, 2.45) is 5.73 Å². The van der Waals surface area contributed by atoms with Crippen molar-refractivity contribution in [1.82, 2.24) is 0 Å². The SMILES string of the molecule is C[C@H](N)C(=O)Nc1cccc(CS(=O)C2CCCCC2)c1. The number of hydrogen-bond donors (Lipinski definition) is 2. The zero-order chi connectivity index (χ0) is 15.2. The molecule has 1 aliphatic carbocycles. The van der Waals surface area contributed by atoms with Crippen LogP contribution in [0.5, 0.6) is 0 Å². The monoisotopic (exact) mass is 308 g/mol. The minimum atomic E-state index is -0.825. The minimum absolute atomic E-state index is 0.208. The van der Waals surface area contributed by atoms with Crippen LogP contribution >= 0.6 is 0 Å². The van der Waals surface area contributed by atoms with Gasteiger partial charge in [-0.2, -0.15) is 0 Å². The average molecular weight is 308 g/mol. The molecule has 1 amide bonds. The molecule has 1 aromatic carbocycles. The van der Waals surface area contributed by atoms with E-state index in [1.807, 2.05) is 24.3 Å². The molecule has 0 radical (unpaired) electrons. The molecular formula is C16H24N2O2S. The molecule has 1 fully saturated rings. The van der Waals surface area contributed by atoms with Gasteiger partial charge in [0, 0.05) is 27.5 Å². The van der Waals surface area contributed by atoms with Crippen LogP contribution in [-0.2, 0) is 21.3 Å². The van der Waals surface area contributed by atoms with Gasteiger partial charge in [-0.15, -0.1) is 0 Å². The van der Waals surface area contributed by atoms with Crippen molar-refractivity contribution >= 4 is 22.4 Å². The van der Waals surface area contributed by atoms with Gasteiger partial charge >= 0.3 is 0 Å². The van der Waals surface area contributed by atoms with Crippen LogP contribution in [0.25, 0.3) is 0 Å². The Morgan fingerprint density at radius 2 is 2.10 bits per heavy atom. The molecule has 1 saturated carbocycles. The fraction of sp³-hybridized carbons (Fsp3) is 0.562. The minimum Gasteiger partial charge on any atom is -0.325 e. The number of carbonyl (C=O) groups is 1. The lowest BCUT2D eigenvalue weighted by molar-refractivity contribution is -0.117. The van der Waals surface area contributed by atoms with E-state index in [1.165, 1.54) is 19.3 Å². The third-order valence-corrected chi connectivity index (χ3v) is 5.67. The summed E-state index contributed by atoms with van der Waals surface area (Å²) in [4.78, 5) is 11.6. The molecule has 2 atom stereocenters. The third kappa shape index (κ3) is 4.93. The van der Waals surface area contributed by atoms with Gasteiger partial charge in [0.2, 0.25) is 5.91 Å². The Kier molecular flexibility index (Phi) is 5.94. The fourth-order valence-corrected chi connectivity index (χ4v) is 4.21. The normalized spacial score (nSPS) is 19.0. The van der Waals surface area contributed by atoms with Gasteiger partial charge in [-0.05, 0) is 37.5 Å². The second-order valence-electron chi connectivity index (χ2n) is 5.76. The zero-order valence-electron chi connectivity index (χ0n) is 12.5. The molecule has 3 N–H and O–H groups in total. The Bertz CT molecular complexity index is 511. The number of benzene rings is 1. The van der Waals surface area contributed by atoms with Gasteiger partial charge in [0.15, 0.2) is 0 Å². The number of rotatable bonds is 5. The largest absolute Gasteiger partial charge is 0.325 e. The summed E-state index contributed by atoms with van der Waals surface area (Å²) in [7, 11) is -0.825. The van der Waals surface area contributed by atoms with E-state index in [4.69, 9.17) is 5.73 Å². The zero-order valence-corrected chi connectivity index (χ0v) is 13.3. The Balaban J connectivity index is 1.97. The first-order valence-corrected chi connectivity index (χ1v) is 8.97. The van der Waals surface area contributed by atoms with Gasteiger partial charge in [0.1, 0.15) is 0 Å². The lowest BCUT2D eigenvalue weighted by atomic mass is 10.0. The summed E-state index contributed by atoms with van der Waals surface area (Å²) in [5, 5.41) is 3.11. The number of anilines is 1. The number of carbonyl (C=O) groups excluding carboxylic acids is 1. The van der Waals surface area contributed by atoms with Crippen molar-refractivity contribution < 1.29 is 9.00 Å². The number of nitrogens with one attached hydrogen (secondary N) is 1. The average Bonchev–Trinajstić information content (AvgIpc) is 2.48. The molecule has 2 rings (SSSR count). The second kappa shape index (κ2) is 7.71. The molecule has 0 spiro atoms. The smallest absolute Gasteiger partial charge is 0.240 e. The van der Waals surface area contributed by atoms with Crippen molar-refractivity contribution in [3.05, 3.63) is 29.8 Å². The van der Waals surface area contributed by atoms with Gasteiger partial charge < -0.3 is 11.1 Å². The maximum atomic E-state index is 12.4. The predicted molar refractivity (Wildman–Crippen MR) is 87.4 cm³/mol. The first-order valence-electron chi connectivity index (χ1n) is 7.59. The maximum absolute atomic E-state index is 12.4. The summed E-state index contributed by atoms with van der Waals surface area (Å²) in [5.74, 6) is 0.354. The Morgan fingerprint density at radius 3 is 2.76 bits per heavy atom. The standard InChI is InChI=1S/C16H24N2O2S/c1-12(17)16(19)18-14-7-5-6-13(10-14)11-21(20)15-8-3-2-4-9-15/h5-7,10,12,15H,2-4,8-9,11,17H2,1H3,(H,18,19)/t12-,21?/m0/s1. The van der Waals surface area contributed by atoms with E-state index in [9.17, 15) is 9.00 Å². The van der Waals surface area contributed by atoms with Crippen LogP contribution in [0.4, 0.5) is 5.69 Å². The quantitative estimate of drug-likeness (QED) is 0.878. The van der Waals surface area contributed by atoms with Crippen LogP contribution in [0.15, 0.2) is 24.3 Å². The van der Waals surface area contributed by atoms with Gasteiger partial charge in [-0.1, -0.05) is 31.4 Å². The van der Waals surface area contributed by atoms with Crippen molar-refractivity contribution in [2.75, 3.05) is 5.32 Å². The van der Waals surface area contributed by atoms with Crippen molar-refractivity contribution in [3.8, 4) is 0 Å². The summed E-state index contributed by atoms with van der Waals surface area (Å²) in [6.45, 7) is 1.65. The fourth-order valence-electron chi connectivity index (χ4n) is 2.61. The van der Waals surface area contributed by atoms with E-state index in [0.29, 0.717) is 11.0 Å². The molecule has 0 bridgehead atoms. The summed E-state index contributed by atoms with van der Waals surface area (Å²) in [6.07, 6.45) is 5.82. The van der Waals surface area contributed by atoms with Gasteiger partial charge in [0.25, 0.3) is 0 Å². The van der Waals surface area contributed by atoms with Crippen molar-refractivity contribution in [2.45, 2.75) is 56.1 Å². The highest BCUT2D eigenvalue weighted by Crippen LogP contribution is 2.24. The van der Waals surface area contributed by atoms with E-state index in [2.05, 4.69) is 5.32 Å². The molecule has 5 heteroatoms. The first kappa shape index (κ1) is 16.2. The molecule has 1 unspecified atom stereocenters. The molecule has 0 aromatic heterocycles. The second-order valence-corrected chi connectivity index (χ2v) is 7.48. The van der Waals surface area contributed by atoms with E-state index in [1.54, 1.807) is 6.92 Å². The molecule has 4 nitrogen and oxygen atoms in total. The lowest BCUT2D eigenvalue weighted by Gasteiger charge is -2.21. The molecule has 0 heterocycles. The summed E-state index contributed by atoms with van der Waals surface area (Å²) < 4.78 is 12.4. The van der Waals surface area contributed by atoms with E-state index in [0.717, 1.165) is 24.1 Å². The van der Waals surface area contributed by atoms with Crippen molar-refractivity contribution in [1.29, 1.82) is 0 Å². The summed E-state index contributed by atoms with van der Waals surface area (Å²) >= 11 is 0. The molecule has 0 saturated heterocycles. The van der Waals surface area contributed by atoms with Crippen LogP contribution in [0, 0.1) is 0 Å². The summed E-state index contributed by atoms with van der Waals surface area (Å²) in [5.41, 5.74) is 7.26. The summed E-state index contributed by atoms with van der Waals surface area (Å²) in [6, 6.07) is 7.02. The Labute approximate surface area is 129 Å². The first-order chi connectivity index (χ1) is 10.1. The lowest BCUT2D eigenvalue weighted by Crippen LogP contribution is -2.32. The van der Waals surface area contributed by atoms with E-state index >= 15 is 0 Å². The topological polar surface area (TPSA) is 72.2 Å².